The Balaban J connectivity index is 1.74. The van der Waals surface area contributed by atoms with Gasteiger partial charge in [-0.15, -0.1) is 0 Å². The molecule has 156 valence electrons. The maximum absolute atomic E-state index is 14.9. The molecule has 7 nitrogen and oxygen atoms in total. The van der Waals surface area contributed by atoms with Crippen LogP contribution in [0.3, 0.4) is 0 Å². The maximum atomic E-state index is 14.9. The number of nitrogen functional groups attached to an aromatic ring is 1. The molecule has 9 heteroatoms. The number of rotatable bonds is 4. The summed E-state index contributed by atoms with van der Waals surface area (Å²) in [7, 11) is -3.76. The predicted molar refractivity (Wildman–Crippen MR) is 113 cm³/mol. The lowest BCUT2D eigenvalue weighted by Crippen LogP contribution is -2.45. The van der Waals surface area contributed by atoms with Crippen molar-refractivity contribution in [3.63, 3.8) is 0 Å². The van der Waals surface area contributed by atoms with Crippen molar-refractivity contribution in [3.05, 3.63) is 60.7 Å². The third-order valence-electron chi connectivity index (χ3n) is 5.15. The standard InChI is InChI=1S/C21H22FN5O2S/c22-18-10-14(7-8-17(18)19-11-26-21(24)12-25-19)16-5-1-2-6-20(16)30(28,29)27-9-3-4-15(23)13-27/h1-2,5-8,10-12,15H,3-4,9,13,23H2,(H2,24,26)/t15-/m0/s1. The minimum absolute atomic E-state index is 0.138. The Labute approximate surface area is 174 Å². The van der Waals surface area contributed by atoms with Gasteiger partial charge in [-0.05, 0) is 36.6 Å². The number of piperidine rings is 1. The molecule has 1 saturated heterocycles. The van der Waals surface area contributed by atoms with E-state index in [-0.39, 0.29) is 28.9 Å². The van der Waals surface area contributed by atoms with Crippen LogP contribution < -0.4 is 11.5 Å². The number of hydrogen-bond acceptors (Lipinski definition) is 6. The lowest BCUT2D eigenvalue weighted by atomic mass is 10.0. The smallest absolute Gasteiger partial charge is 0.243 e. The fourth-order valence-electron chi connectivity index (χ4n) is 3.63. The van der Waals surface area contributed by atoms with E-state index in [4.69, 9.17) is 11.5 Å². The average Bonchev–Trinajstić information content (AvgIpc) is 2.74. The Kier molecular flexibility index (Phi) is 5.50. The molecule has 0 unspecified atom stereocenters. The second kappa shape index (κ2) is 8.10. The quantitative estimate of drug-likeness (QED) is 0.661. The van der Waals surface area contributed by atoms with E-state index < -0.39 is 15.8 Å². The fraction of sp³-hybridized carbons (Fsp3) is 0.238. The van der Waals surface area contributed by atoms with Gasteiger partial charge in [-0.2, -0.15) is 4.31 Å². The molecular formula is C21H22FN5O2S. The second-order valence-corrected chi connectivity index (χ2v) is 9.19. The predicted octanol–water partition coefficient (Wildman–Crippen LogP) is 2.64. The van der Waals surface area contributed by atoms with E-state index in [9.17, 15) is 12.8 Å². The highest BCUT2D eigenvalue weighted by Crippen LogP contribution is 2.33. The third-order valence-corrected chi connectivity index (χ3v) is 7.08. The molecule has 0 spiro atoms. The minimum Gasteiger partial charge on any atom is -0.382 e. The molecule has 4 rings (SSSR count). The van der Waals surface area contributed by atoms with Crippen molar-refractivity contribution < 1.29 is 12.8 Å². The Morgan fingerprint density at radius 3 is 2.57 bits per heavy atom. The van der Waals surface area contributed by atoms with Crippen molar-refractivity contribution in [3.8, 4) is 22.4 Å². The molecule has 0 amide bonds. The van der Waals surface area contributed by atoms with Crippen LogP contribution in [-0.2, 0) is 10.0 Å². The molecule has 1 atom stereocenters. The van der Waals surface area contributed by atoms with E-state index in [1.807, 2.05) is 0 Å². The summed E-state index contributed by atoms with van der Waals surface area (Å²) in [6, 6.07) is 11.0. The van der Waals surface area contributed by atoms with Crippen LogP contribution in [0.4, 0.5) is 10.2 Å². The van der Waals surface area contributed by atoms with E-state index in [1.165, 1.54) is 22.8 Å². The lowest BCUT2D eigenvalue weighted by Gasteiger charge is -2.30. The van der Waals surface area contributed by atoms with Crippen LogP contribution in [0.1, 0.15) is 12.8 Å². The summed E-state index contributed by atoms with van der Waals surface area (Å²) >= 11 is 0. The van der Waals surface area contributed by atoms with Crippen LogP contribution in [0.15, 0.2) is 59.8 Å². The zero-order chi connectivity index (χ0) is 21.3. The molecule has 0 bridgehead atoms. The van der Waals surface area contributed by atoms with Crippen LogP contribution in [0.2, 0.25) is 0 Å². The summed E-state index contributed by atoms with van der Waals surface area (Å²) in [6.07, 6.45) is 4.27. The molecular weight excluding hydrogens is 405 g/mol. The summed E-state index contributed by atoms with van der Waals surface area (Å²) in [5, 5.41) is 0. The topological polar surface area (TPSA) is 115 Å². The van der Waals surface area contributed by atoms with Gasteiger partial charge in [-0.3, -0.25) is 4.98 Å². The Morgan fingerprint density at radius 1 is 1.07 bits per heavy atom. The SMILES string of the molecule is Nc1cnc(-c2ccc(-c3ccccc3S(=O)(=O)N3CCC[C@H](N)C3)cc2F)cn1. The lowest BCUT2D eigenvalue weighted by molar-refractivity contribution is 0.316. The van der Waals surface area contributed by atoms with Gasteiger partial charge in [0, 0.05) is 30.3 Å². The molecule has 0 radical (unpaired) electrons. The number of anilines is 1. The number of nitrogens with zero attached hydrogens (tertiary/aromatic N) is 3. The molecule has 2 aromatic carbocycles. The van der Waals surface area contributed by atoms with Crippen LogP contribution in [0, 0.1) is 5.82 Å². The first kappa shape index (κ1) is 20.4. The number of halogens is 1. The molecule has 1 aliphatic heterocycles. The molecule has 1 aliphatic rings. The van der Waals surface area contributed by atoms with Gasteiger partial charge < -0.3 is 11.5 Å². The largest absolute Gasteiger partial charge is 0.382 e. The number of sulfonamides is 1. The van der Waals surface area contributed by atoms with E-state index in [0.717, 1.165) is 6.42 Å². The van der Waals surface area contributed by atoms with Gasteiger partial charge in [0.2, 0.25) is 10.0 Å². The number of benzene rings is 2. The minimum atomic E-state index is -3.76. The van der Waals surface area contributed by atoms with E-state index in [2.05, 4.69) is 9.97 Å². The molecule has 0 aliphatic carbocycles. The fourth-order valence-corrected chi connectivity index (χ4v) is 5.38. The summed E-state index contributed by atoms with van der Waals surface area (Å²) < 4.78 is 42.8. The number of nitrogens with two attached hydrogens (primary N) is 2. The Morgan fingerprint density at radius 2 is 1.87 bits per heavy atom. The first-order valence-corrected chi connectivity index (χ1v) is 11.0. The third kappa shape index (κ3) is 3.91. The van der Waals surface area contributed by atoms with Crippen LogP contribution in [0.25, 0.3) is 22.4 Å². The number of aromatic nitrogens is 2. The van der Waals surface area contributed by atoms with Crippen molar-refractivity contribution in [1.29, 1.82) is 0 Å². The van der Waals surface area contributed by atoms with Crippen molar-refractivity contribution in [1.82, 2.24) is 14.3 Å². The van der Waals surface area contributed by atoms with Gasteiger partial charge in [-0.25, -0.2) is 17.8 Å². The highest BCUT2D eigenvalue weighted by molar-refractivity contribution is 7.89. The van der Waals surface area contributed by atoms with E-state index in [1.54, 1.807) is 36.4 Å². The van der Waals surface area contributed by atoms with Crippen LogP contribution >= 0.6 is 0 Å². The van der Waals surface area contributed by atoms with Gasteiger partial charge in [0.1, 0.15) is 11.6 Å². The monoisotopic (exact) mass is 427 g/mol. The summed E-state index contributed by atoms with van der Waals surface area (Å²) in [5.41, 5.74) is 13.0. The summed E-state index contributed by atoms with van der Waals surface area (Å²) in [6.45, 7) is 0.702. The molecule has 30 heavy (non-hydrogen) atoms. The number of hydrogen-bond donors (Lipinski definition) is 2. The van der Waals surface area contributed by atoms with E-state index in [0.29, 0.717) is 29.8 Å². The zero-order valence-electron chi connectivity index (χ0n) is 16.2. The maximum Gasteiger partial charge on any atom is 0.243 e. The van der Waals surface area contributed by atoms with Crippen molar-refractivity contribution in [2.45, 2.75) is 23.8 Å². The molecule has 0 saturated carbocycles. The van der Waals surface area contributed by atoms with Crippen molar-refractivity contribution in [2.24, 2.45) is 5.73 Å². The average molecular weight is 428 g/mol. The van der Waals surface area contributed by atoms with Crippen LogP contribution in [-0.4, -0.2) is 41.8 Å². The highest BCUT2D eigenvalue weighted by Gasteiger charge is 2.30. The highest BCUT2D eigenvalue weighted by atomic mass is 32.2. The van der Waals surface area contributed by atoms with Gasteiger partial charge >= 0.3 is 0 Å². The molecule has 4 N–H and O–H groups in total. The summed E-state index contributed by atoms with van der Waals surface area (Å²) in [5.74, 6) is -0.286. The van der Waals surface area contributed by atoms with Gasteiger partial charge in [0.05, 0.1) is 23.0 Å². The van der Waals surface area contributed by atoms with Crippen LogP contribution in [0.5, 0.6) is 0 Å². The Bertz CT molecular complexity index is 1170. The molecule has 1 fully saturated rings. The van der Waals surface area contributed by atoms with Gasteiger partial charge in [0.25, 0.3) is 0 Å². The zero-order valence-corrected chi connectivity index (χ0v) is 17.0. The normalized spacial score (nSPS) is 17.7. The van der Waals surface area contributed by atoms with Gasteiger partial charge in [0.15, 0.2) is 0 Å². The second-order valence-electron chi connectivity index (χ2n) is 7.28. The van der Waals surface area contributed by atoms with E-state index >= 15 is 0 Å². The van der Waals surface area contributed by atoms with Crippen molar-refractivity contribution >= 4 is 15.8 Å². The first-order valence-electron chi connectivity index (χ1n) is 9.59. The molecule has 2 heterocycles. The van der Waals surface area contributed by atoms with Crippen molar-refractivity contribution in [2.75, 3.05) is 18.8 Å². The molecule has 3 aromatic rings. The Hall–Kier alpha value is -2.88. The molecule has 1 aromatic heterocycles. The van der Waals surface area contributed by atoms with Gasteiger partial charge in [-0.1, -0.05) is 24.3 Å². The first-order chi connectivity index (χ1) is 14.4. The summed E-state index contributed by atoms with van der Waals surface area (Å²) in [4.78, 5) is 8.17.